The van der Waals surface area contributed by atoms with E-state index in [0.29, 0.717) is 23.9 Å². The van der Waals surface area contributed by atoms with Crippen LogP contribution in [0, 0.1) is 11.3 Å². The molecule has 1 saturated carbocycles. The van der Waals surface area contributed by atoms with E-state index in [9.17, 15) is 14.4 Å². The normalized spacial score (nSPS) is 30.1. The number of amides is 3. The Balaban J connectivity index is 1.11. The lowest BCUT2D eigenvalue weighted by Crippen LogP contribution is -2.68. The second-order valence-electron chi connectivity index (χ2n) is 10.5. The fourth-order valence-corrected chi connectivity index (χ4v) is 6.78. The predicted octanol–water partition coefficient (Wildman–Crippen LogP) is 1.80. The van der Waals surface area contributed by atoms with E-state index < -0.39 is 6.04 Å². The van der Waals surface area contributed by atoms with Gasteiger partial charge in [0.25, 0.3) is 5.91 Å². The Morgan fingerprint density at radius 3 is 2.53 bits per heavy atom. The number of hydrogen-bond acceptors (Lipinski definition) is 5. The van der Waals surface area contributed by atoms with Gasteiger partial charge in [-0.05, 0) is 73.7 Å². The molecule has 3 saturated heterocycles. The van der Waals surface area contributed by atoms with Gasteiger partial charge in [0.15, 0.2) is 0 Å². The summed E-state index contributed by atoms with van der Waals surface area (Å²) in [4.78, 5) is 41.1. The van der Waals surface area contributed by atoms with Crippen LogP contribution in [0.2, 0.25) is 0 Å². The first-order chi connectivity index (χ1) is 15.5. The van der Waals surface area contributed by atoms with Gasteiger partial charge in [0.05, 0.1) is 0 Å². The monoisotopic (exact) mass is 436 g/mol. The van der Waals surface area contributed by atoms with E-state index in [1.807, 2.05) is 12.1 Å². The Bertz CT molecular complexity index is 958. The molecule has 7 heteroatoms. The maximum Gasteiger partial charge on any atom is 0.255 e. The lowest BCUT2D eigenvalue weighted by atomic mass is 9.55. The number of rotatable bonds is 4. The van der Waals surface area contributed by atoms with E-state index in [4.69, 9.17) is 0 Å². The van der Waals surface area contributed by atoms with E-state index in [0.717, 1.165) is 37.2 Å². The van der Waals surface area contributed by atoms with Gasteiger partial charge in [-0.15, -0.1) is 0 Å². The van der Waals surface area contributed by atoms with Crippen LogP contribution in [-0.2, 0) is 22.7 Å². The molecule has 5 aliphatic rings. The molecular weight excluding hydrogens is 404 g/mol. The van der Waals surface area contributed by atoms with Crippen molar-refractivity contribution in [3.05, 3.63) is 34.9 Å². The van der Waals surface area contributed by atoms with Crippen molar-refractivity contribution in [1.29, 1.82) is 0 Å². The third-order valence-corrected chi connectivity index (χ3v) is 8.86. The summed E-state index contributed by atoms with van der Waals surface area (Å²) in [7, 11) is 0. The van der Waals surface area contributed by atoms with Gasteiger partial charge in [-0.25, -0.2) is 0 Å². The number of fused-ring (bicyclic) bond motifs is 1. The standard InChI is InChI=1S/C25H32N4O3/c30-21-6-5-20(23(31)27-21)29-14-19-17(3-1-4-18(19)24(29)32)13-28-11-7-16(8-12-28)22-25(15-26-22)9-2-10-25/h1,3-4,16,20,22,26H,2,5-15H2,(H,27,30,31). The van der Waals surface area contributed by atoms with Gasteiger partial charge in [-0.3, -0.25) is 24.6 Å². The summed E-state index contributed by atoms with van der Waals surface area (Å²) >= 11 is 0. The molecule has 2 unspecified atom stereocenters. The highest BCUT2D eigenvalue weighted by molar-refractivity contribution is 6.05. The number of hydrogen-bond donors (Lipinski definition) is 2. The molecular formula is C25H32N4O3. The molecule has 6 rings (SSSR count). The average molecular weight is 437 g/mol. The topological polar surface area (TPSA) is 81.8 Å². The third-order valence-electron chi connectivity index (χ3n) is 8.86. The van der Waals surface area contributed by atoms with Gasteiger partial charge < -0.3 is 10.2 Å². The highest BCUT2D eigenvalue weighted by atomic mass is 16.2. The molecule has 2 atom stereocenters. The first-order valence-corrected chi connectivity index (χ1v) is 12.3. The minimum Gasteiger partial charge on any atom is -0.322 e. The van der Waals surface area contributed by atoms with E-state index in [1.165, 1.54) is 44.2 Å². The minimum atomic E-state index is -0.551. The molecule has 3 amide bonds. The molecule has 4 heterocycles. The molecule has 1 aliphatic carbocycles. The molecule has 4 aliphatic heterocycles. The zero-order valence-corrected chi connectivity index (χ0v) is 18.6. The summed E-state index contributed by atoms with van der Waals surface area (Å²) in [5.74, 6) is 0.114. The summed E-state index contributed by atoms with van der Waals surface area (Å²) in [6, 6.07) is 6.15. The Hall–Kier alpha value is -2.25. The maximum absolute atomic E-state index is 13.1. The lowest BCUT2D eigenvalue weighted by molar-refractivity contribution is -0.136. The molecule has 7 nitrogen and oxygen atoms in total. The van der Waals surface area contributed by atoms with E-state index in [1.54, 1.807) is 4.90 Å². The van der Waals surface area contributed by atoms with Crippen molar-refractivity contribution < 1.29 is 14.4 Å². The Kier molecular flexibility index (Phi) is 4.88. The SMILES string of the molecule is O=C1CCC(N2Cc3c(CN4CCC(C5NCC56CCC6)CC4)cccc3C2=O)C(=O)N1. The number of nitrogens with zero attached hydrogens (tertiary/aromatic N) is 2. The lowest BCUT2D eigenvalue weighted by Gasteiger charge is -2.60. The van der Waals surface area contributed by atoms with Gasteiger partial charge in [0.2, 0.25) is 11.8 Å². The molecule has 170 valence electrons. The fraction of sp³-hybridized carbons (Fsp3) is 0.640. The van der Waals surface area contributed by atoms with E-state index in [2.05, 4.69) is 21.6 Å². The Morgan fingerprint density at radius 2 is 1.88 bits per heavy atom. The highest BCUT2D eigenvalue weighted by Crippen LogP contribution is 2.52. The number of carbonyl (C=O) groups excluding carboxylic acids is 3. The van der Waals surface area contributed by atoms with Gasteiger partial charge >= 0.3 is 0 Å². The average Bonchev–Trinajstić information content (AvgIpc) is 3.05. The van der Waals surface area contributed by atoms with Crippen LogP contribution < -0.4 is 10.6 Å². The van der Waals surface area contributed by atoms with Crippen LogP contribution in [0.1, 0.15) is 66.4 Å². The van der Waals surface area contributed by atoms with Crippen molar-refractivity contribution in [3.63, 3.8) is 0 Å². The van der Waals surface area contributed by atoms with Gasteiger partial charge in [-0.1, -0.05) is 18.6 Å². The molecule has 0 bridgehead atoms. The van der Waals surface area contributed by atoms with Crippen LogP contribution in [0.4, 0.5) is 0 Å². The zero-order chi connectivity index (χ0) is 21.9. The van der Waals surface area contributed by atoms with Crippen LogP contribution in [-0.4, -0.2) is 59.2 Å². The largest absolute Gasteiger partial charge is 0.322 e. The summed E-state index contributed by atoms with van der Waals surface area (Å²) in [5.41, 5.74) is 3.60. The summed E-state index contributed by atoms with van der Waals surface area (Å²) in [6.45, 7) is 4.75. The van der Waals surface area contributed by atoms with Crippen molar-refractivity contribution >= 4 is 17.7 Å². The van der Waals surface area contributed by atoms with Gasteiger partial charge in [0.1, 0.15) is 6.04 Å². The van der Waals surface area contributed by atoms with Crippen molar-refractivity contribution in [1.82, 2.24) is 20.4 Å². The molecule has 0 radical (unpaired) electrons. The molecule has 4 fully saturated rings. The highest BCUT2D eigenvalue weighted by Gasteiger charge is 2.53. The number of imide groups is 1. The number of carbonyl (C=O) groups is 3. The van der Waals surface area contributed by atoms with Crippen molar-refractivity contribution in [2.24, 2.45) is 11.3 Å². The third kappa shape index (κ3) is 3.20. The van der Waals surface area contributed by atoms with Crippen LogP contribution >= 0.6 is 0 Å². The Labute approximate surface area is 188 Å². The minimum absolute atomic E-state index is 0.0862. The predicted molar refractivity (Wildman–Crippen MR) is 119 cm³/mol. The molecule has 0 aromatic heterocycles. The van der Waals surface area contributed by atoms with Crippen LogP contribution in [0.25, 0.3) is 0 Å². The van der Waals surface area contributed by atoms with Crippen LogP contribution in [0.5, 0.6) is 0 Å². The molecule has 2 N–H and O–H groups in total. The zero-order valence-electron chi connectivity index (χ0n) is 18.6. The number of benzene rings is 1. The van der Waals surface area contributed by atoms with Gasteiger partial charge in [0, 0.05) is 37.7 Å². The number of piperidine rings is 2. The number of likely N-dealkylation sites (tertiary alicyclic amines) is 1. The first-order valence-electron chi connectivity index (χ1n) is 12.3. The maximum atomic E-state index is 13.1. The van der Waals surface area contributed by atoms with Crippen molar-refractivity contribution in [2.45, 2.75) is 70.1 Å². The van der Waals surface area contributed by atoms with Crippen LogP contribution in [0.15, 0.2) is 18.2 Å². The first kappa shape index (κ1) is 20.4. The van der Waals surface area contributed by atoms with Crippen LogP contribution in [0.3, 0.4) is 0 Å². The fourth-order valence-electron chi connectivity index (χ4n) is 6.78. The van der Waals surface area contributed by atoms with E-state index >= 15 is 0 Å². The second-order valence-corrected chi connectivity index (χ2v) is 10.5. The molecule has 1 aromatic rings. The summed E-state index contributed by atoms with van der Waals surface area (Å²) in [6.07, 6.45) is 7.42. The smallest absolute Gasteiger partial charge is 0.255 e. The second kappa shape index (κ2) is 7.66. The molecule has 1 spiro atoms. The van der Waals surface area contributed by atoms with E-state index in [-0.39, 0.29) is 24.1 Å². The van der Waals surface area contributed by atoms with Crippen molar-refractivity contribution in [3.8, 4) is 0 Å². The molecule has 1 aromatic carbocycles. The molecule has 32 heavy (non-hydrogen) atoms. The Morgan fingerprint density at radius 1 is 1.06 bits per heavy atom. The summed E-state index contributed by atoms with van der Waals surface area (Å²) < 4.78 is 0. The van der Waals surface area contributed by atoms with Gasteiger partial charge in [-0.2, -0.15) is 0 Å². The summed E-state index contributed by atoms with van der Waals surface area (Å²) in [5, 5.41) is 6.12. The van der Waals surface area contributed by atoms with Crippen molar-refractivity contribution in [2.75, 3.05) is 19.6 Å². The number of nitrogens with one attached hydrogen (secondary N) is 2. The quantitative estimate of drug-likeness (QED) is 0.704.